The molecule has 0 amide bonds. The summed E-state index contributed by atoms with van der Waals surface area (Å²) in [7, 11) is 0. The number of alkyl halides is 1. The second-order valence-corrected chi connectivity index (χ2v) is 6.06. The van der Waals surface area contributed by atoms with E-state index < -0.39 is 0 Å². The van der Waals surface area contributed by atoms with Crippen molar-refractivity contribution in [2.45, 2.75) is 31.0 Å². The Morgan fingerprint density at radius 1 is 1.05 bits per heavy atom. The minimum atomic E-state index is 0.687. The highest BCUT2D eigenvalue weighted by atomic mass is 79.9. The van der Waals surface area contributed by atoms with Crippen molar-refractivity contribution in [1.82, 2.24) is 0 Å². The van der Waals surface area contributed by atoms with E-state index in [1.54, 1.807) is 0 Å². The third-order valence-electron chi connectivity index (χ3n) is 3.76. The third kappa shape index (κ3) is 2.87. The van der Waals surface area contributed by atoms with Gasteiger partial charge in [-0.25, -0.2) is 0 Å². The van der Waals surface area contributed by atoms with Crippen molar-refractivity contribution in [3.63, 3.8) is 0 Å². The van der Waals surface area contributed by atoms with E-state index in [9.17, 15) is 0 Å². The summed E-state index contributed by atoms with van der Waals surface area (Å²) >= 11 is 9.67. The summed E-state index contributed by atoms with van der Waals surface area (Å²) in [5, 5.41) is 1.42. The molecule has 0 fully saturated rings. The maximum absolute atomic E-state index is 6.20. The predicted octanol–water partition coefficient (Wildman–Crippen LogP) is 5.91. The predicted molar refractivity (Wildman–Crippen MR) is 87.2 cm³/mol. The molecule has 0 saturated heterocycles. The minimum absolute atomic E-state index is 0.687. The van der Waals surface area contributed by atoms with Gasteiger partial charge in [-0.15, -0.1) is 0 Å². The molecule has 0 radical (unpaired) electrons. The first kappa shape index (κ1) is 14.0. The Balaban J connectivity index is 1.90. The Morgan fingerprint density at radius 2 is 1.85 bits per heavy atom. The zero-order valence-corrected chi connectivity index (χ0v) is 13.5. The number of rotatable bonds is 3. The lowest BCUT2D eigenvalue weighted by Gasteiger charge is -2.17. The van der Waals surface area contributed by atoms with Gasteiger partial charge < -0.3 is 4.74 Å². The summed E-state index contributed by atoms with van der Waals surface area (Å²) in [4.78, 5) is 0. The SMILES string of the molecule is Clc1cccc(Oc2ccc3c(c2)CCCC3)c1CBr. The number of halogens is 2. The molecule has 2 aromatic rings. The topological polar surface area (TPSA) is 9.23 Å². The zero-order chi connectivity index (χ0) is 13.9. The van der Waals surface area contributed by atoms with Crippen LogP contribution < -0.4 is 4.74 Å². The average Bonchev–Trinajstić information content (AvgIpc) is 2.47. The monoisotopic (exact) mass is 350 g/mol. The standard InChI is InChI=1S/C17H16BrClO/c18-11-15-16(19)6-3-7-17(15)20-14-9-8-12-4-1-2-5-13(12)10-14/h3,6-10H,1-2,4-5,11H2. The van der Waals surface area contributed by atoms with Gasteiger partial charge in [0, 0.05) is 15.9 Å². The van der Waals surface area contributed by atoms with Crippen molar-refractivity contribution in [3.8, 4) is 11.5 Å². The van der Waals surface area contributed by atoms with Crippen LogP contribution >= 0.6 is 27.5 Å². The molecule has 0 spiro atoms. The molecule has 1 aliphatic carbocycles. The molecule has 1 nitrogen and oxygen atoms in total. The minimum Gasteiger partial charge on any atom is -0.457 e. The van der Waals surface area contributed by atoms with Gasteiger partial charge in [-0.05, 0) is 61.1 Å². The van der Waals surface area contributed by atoms with Crippen LogP contribution in [0.15, 0.2) is 36.4 Å². The summed E-state index contributed by atoms with van der Waals surface area (Å²) in [5.41, 5.74) is 3.89. The molecule has 2 aromatic carbocycles. The zero-order valence-electron chi connectivity index (χ0n) is 11.2. The van der Waals surface area contributed by atoms with E-state index >= 15 is 0 Å². The summed E-state index contributed by atoms with van der Waals surface area (Å²) in [6, 6.07) is 12.2. The number of fused-ring (bicyclic) bond motifs is 1. The van der Waals surface area contributed by atoms with Gasteiger partial charge in [0.1, 0.15) is 11.5 Å². The van der Waals surface area contributed by atoms with Crippen LogP contribution in [-0.4, -0.2) is 0 Å². The van der Waals surface area contributed by atoms with Crippen LogP contribution in [0, 0.1) is 0 Å². The Kier molecular flexibility index (Phi) is 4.32. The van der Waals surface area contributed by atoms with Crippen molar-refractivity contribution in [3.05, 3.63) is 58.1 Å². The van der Waals surface area contributed by atoms with E-state index in [-0.39, 0.29) is 0 Å². The van der Waals surface area contributed by atoms with Gasteiger partial charge in [0.25, 0.3) is 0 Å². The highest BCUT2D eigenvalue weighted by Crippen LogP contribution is 2.33. The largest absolute Gasteiger partial charge is 0.457 e. The van der Waals surface area contributed by atoms with E-state index in [1.165, 1.54) is 30.4 Å². The van der Waals surface area contributed by atoms with E-state index in [0.717, 1.165) is 28.5 Å². The fraction of sp³-hybridized carbons (Fsp3) is 0.294. The second kappa shape index (κ2) is 6.19. The maximum atomic E-state index is 6.20. The lowest BCUT2D eigenvalue weighted by Crippen LogP contribution is -2.02. The normalized spacial score (nSPS) is 13.9. The molecular formula is C17H16BrClO. The number of hydrogen-bond donors (Lipinski definition) is 0. The molecule has 0 aliphatic heterocycles. The highest BCUT2D eigenvalue weighted by Gasteiger charge is 2.12. The first-order valence-corrected chi connectivity index (χ1v) is 8.41. The molecule has 3 heteroatoms. The van der Waals surface area contributed by atoms with Crippen LogP contribution in [-0.2, 0) is 18.2 Å². The molecule has 0 aromatic heterocycles. The first-order valence-electron chi connectivity index (χ1n) is 6.91. The van der Waals surface area contributed by atoms with Crippen LogP contribution in [0.4, 0.5) is 0 Å². The molecule has 1 aliphatic rings. The van der Waals surface area contributed by atoms with Crippen LogP contribution in [0.5, 0.6) is 11.5 Å². The van der Waals surface area contributed by atoms with Gasteiger partial charge in [0.15, 0.2) is 0 Å². The molecule has 20 heavy (non-hydrogen) atoms. The fourth-order valence-electron chi connectivity index (χ4n) is 2.66. The number of ether oxygens (including phenoxy) is 1. The van der Waals surface area contributed by atoms with E-state index in [4.69, 9.17) is 16.3 Å². The van der Waals surface area contributed by atoms with Gasteiger partial charge >= 0.3 is 0 Å². The van der Waals surface area contributed by atoms with Gasteiger partial charge in [0.2, 0.25) is 0 Å². The van der Waals surface area contributed by atoms with Gasteiger partial charge in [-0.3, -0.25) is 0 Å². The van der Waals surface area contributed by atoms with E-state index in [2.05, 4.69) is 34.1 Å². The number of hydrogen-bond acceptors (Lipinski definition) is 1. The van der Waals surface area contributed by atoms with Crippen molar-refractivity contribution in [2.24, 2.45) is 0 Å². The molecule has 3 rings (SSSR count). The van der Waals surface area contributed by atoms with E-state index in [1.807, 2.05) is 18.2 Å². The molecule has 0 bridgehead atoms. The number of aryl methyl sites for hydroxylation is 2. The summed E-state index contributed by atoms with van der Waals surface area (Å²) in [6.45, 7) is 0. The lowest BCUT2D eigenvalue weighted by molar-refractivity contribution is 0.477. The van der Waals surface area contributed by atoms with Crippen LogP contribution in [0.1, 0.15) is 29.5 Å². The van der Waals surface area contributed by atoms with Gasteiger partial charge in [0.05, 0.1) is 0 Å². The smallest absolute Gasteiger partial charge is 0.132 e. The molecule has 0 unspecified atom stereocenters. The quantitative estimate of drug-likeness (QED) is 0.625. The highest BCUT2D eigenvalue weighted by molar-refractivity contribution is 9.08. The van der Waals surface area contributed by atoms with Crippen molar-refractivity contribution >= 4 is 27.5 Å². The Morgan fingerprint density at radius 3 is 2.65 bits per heavy atom. The molecule has 104 valence electrons. The first-order chi connectivity index (χ1) is 9.78. The van der Waals surface area contributed by atoms with Crippen LogP contribution in [0.25, 0.3) is 0 Å². The van der Waals surface area contributed by atoms with E-state index in [0.29, 0.717) is 5.33 Å². The lowest BCUT2D eigenvalue weighted by atomic mass is 9.92. The Hall–Kier alpha value is -0.990. The third-order valence-corrected chi connectivity index (χ3v) is 4.67. The fourth-order valence-corrected chi connectivity index (χ4v) is 3.64. The van der Waals surface area contributed by atoms with Crippen molar-refractivity contribution in [2.75, 3.05) is 0 Å². The summed E-state index contributed by atoms with van der Waals surface area (Å²) < 4.78 is 6.03. The second-order valence-electron chi connectivity index (χ2n) is 5.09. The Bertz CT molecular complexity index is 624. The maximum Gasteiger partial charge on any atom is 0.132 e. The van der Waals surface area contributed by atoms with Crippen molar-refractivity contribution in [1.29, 1.82) is 0 Å². The average molecular weight is 352 g/mol. The Labute approximate surface area is 133 Å². The van der Waals surface area contributed by atoms with Crippen molar-refractivity contribution < 1.29 is 4.74 Å². The molecule has 0 heterocycles. The number of benzene rings is 2. The molecular weight excluding hydrogens is 336 g/mol. The molecule has 0 saturated carbocycles. The summed E-state index contributed by atoms with van der Waals surface area (Å²) in [6.07, 6.45) is 4.93. The van der Waals surface area contributed by atoms with Crippen LogP contribution in [0.2, 0.25) is 5.02 Å². The summed E-state index contributed by atoms with van der Waals surface area (Å²) in [5.74, 6) is 1.72. The molecule has 0 N–H and O–H groups in total. The van der Waals surface area contributed by atoms with Crippen LogP contribution in [0.3, 0.4) is 0 Å². The molecule has 0 atom stereocenters. The van der Waals surface area contributed by atoms with Gasteiger partial charge in [-0.1, -0.05) is 39.7 Å². The van der Waals surface area contributed by atoms with Gasteiger partial charge in [-0.2, -0.15) is 0 Å².